The van der Waals surface area contributed by atoms with Gasteiger partial charge < -0.3 is 20.0 Å². The van der Waals surface area contributed by atoms with E-state index in [1.807, 2.05) is 24.3 Å². The van der Waals surface area contributed by atoms with Crippen molar-refractivity contribution in [3.8, 4) is 0 Å². The molecule has 1 saturated heterocycles. The zero-order valence-corrected chi connectivity index (χ0v) is 18.0. The number of amides is 2. The molecular weight excluding hydrogens is 416 g/mol. The van der Waals surface area contributed by atoms with Crippen LogP contribution in [-0.4, -0.2) is 35.2 Å². The SMILES string of the molecule is C[C@@H](/C=C/CCO)[C@]1(O)C(=O)N(Cc2ccc(N3CCC3=O)cc2)c2ccc(Cl)cc21. The first-order valence-corrected chi connectivity index (χ1v) is 10.7. The average molecular weight is 441 g/mol. The van der Waals surface area contributed by atoms with Gasteiger partial charge in [0.05, 0.1) is 12.2 Å². The average Bonchev–Trinajstić information content (AvgIpc) is 2.96. The summed E-state index contributed by atoms with van der Waals surface area (Å²) < 4.78 is 0. The van der Waals surface area contributed by atoms with E-state index >= 15 is 0 Å². The van der Waals surface area contributed by atoms with Crippen LogP contribution >= 0.6 is 11.6 Å². The third-order valence-corrected chi connectivity index (χ3v) is 6.28. The van der Waals surface area contributed by atoms with Crippen LogP contribution in [0, 0.1) is 5.92 Å². The number of hydrogen-bond acceptors (Lipinski definition) is 4. The number of aliphatic hydroxyl groups excluding tert-OH is 1. The summed E-state index contributed by atoms with van der Waals surface area (Å²) in [5.74, 6) is -0.803. The Bertz CT molecular complexity index is 1040. The van der Waals surface area contributed by atoms with E-state index in [1.165, 1.54) is 0 Å². The fraction of sp³-hybridized carbons (Fsp3) is 0.333. The number of rotatable bonds is 7. The Kier molecular flexibility index (Phi) is 5.88. The molecule has 2 aromatic rings. The van der Waals surface area contributed by atoms with Crippen molar-refractivity contribution < 1.29 is 19.8 Å². The zero-order chi connectivity index (χ0) is 22.2. The molecule has 2 atom stereocenters. The molecule has 162 valence electrons. The van der Waals surface area contributed by atoms with E-state index in [-0.39, 0.29) is 19.1 Å². The maximum atomic E-state index is 13.4. The molecule has 6 nitrogen and oxygen atoms in total. The summed E-state index contributed by atoms with van der Waals surface area (Å²) >= 11 is 6.19. The number of hydrogen-bond donors (Lipinski definition) is 2. The molecule has 4 rings (SSSR count). The van der Waals surface area contributed by atoms with Gasteiger partial charge in [-0.1, -0.05) is 42.8 Å². The summed E-state index contributed by atoms with van der Waals surface area (Å²) in [7, 11) is 0. The molecule has 0 spiro atoms. The second-order valence-corrected chi connectivity index (χ2v) is 8.45. The maximum absolute atomic E-state index is 13.4. The normalized spacial score (nSPS) is 21.5. The number of carbonyl (C=O) groups excluding carboxylic acids is 2. The lowest BCUT2D eigenvalue weighted by atomic mass is 9.83. The van der Waals surface area contributed by atoms with Crippen molar-refractivity contribution in [3.63, 3.8) is 0 Å². The summed E-state index contributed by atoms with van der Waals surface area (Å²) in [6.45, 7) is 2.80. The van der Waals surface area contributed by atoms with Crippen LogP contribution in [0.2, 0.25) is 5.02 Å². The lowest BCUT2D eigenvalue weighted by molar-refractivity contribution is -0.139. The van der Waals surface area contributed by atoms with Crippen LogP contribution < -0.4 is 9.80 Å². The first-order chi connectivity index (χ1) is 14.9. The van der Waals surface area contributed by atoms with Gasteiger partial charge in [-0.15, -0.1) is 0 Å². The van der Waals surface area contributed by atoms with Crippen LogP contribution in [0.25, 0.3) is 0 Å². The molecule has 1 fully saturated rings. The van der Waals surface area contributed by atoms with Crippen LogP contribution in [0.1, 0.15) is 30.9 Å². The molecule has 31 heavy (non-hydrogen) atoms. The Balaban J connectivity index is 1.63. The highest BCUT2D eigenvalue weighted by molar-refractivity contribution is 6.31. The Labute approximate surface area is 186 Å². The largest absolute Gasteiger partial charge is 0.396 e. The van der Waals surface area contributed by atoms with Gasteiger partial charge in [0.2, 0.25) is 5.91 Å². The number of aliphatic hydroxyl groups is 2. The molecule has 2 amide bonds. The van der Waals surface area contributed by atoms with Crippen molar-refractivity contribution in [2.45, 2.75) is 31.9 Å². The van der Waals surface area contributed by atoms with Gasteiger partial charge in [0, 0.05) is 41.8 Å². The minimum Gasteiger partial charge on any atom is -0.396 e. The predicted octanol–water partition coefficient (Wildman–Crippen LogP) is 3.39. The molecule has 2 aliphatic heterocycles. The second kappa shape index (κ2) is 8.46. The lowest BCUT2D eigenvalue weighted by Gasteiger charge is -2.31. The number of carbonyl (C=O) groups is 2. The minimum absolute atomic E-state index is 0.00313. The molecule has 0 saturated carbocycles. The summed E-state index contributed by atoms with van der Waals surface area (Å²) in [5, 5.41) is 21.0. The van der Waals surface area contributed by atoms with Crippen molar-refractivity contribution in [1.82, 2.24) is 0 Å². The van der Waals surface area contributed by atoms with Crippen LogP contribution in [0.5, 0.6) is 0 Å². The first kappa shape index (κ1) is 21.6. The number of anilines is 2. The molecule has 0 bridgehead atoms. The van der Waals surface area contributed by atoms with Crippen molar-refractivity contribution in [3.05, 3.63) is 70.8 Å². The highest BCUT2D eigenvalue weighted by Gasteiger charge is 2.52. The summed E-state index contributed by atoms with van der Waals surface area (Å²) in [5.41, 5.74) is 1.10. The van der Waals surface area contributed by atoms with Crippen LogP contribution in [0.3, 0.4) is 0 Å². The molecule has 2 heterocycles. The third-order valence-electron chi connectivity index (χ3n) is 6.05. The van der Waals surface area contributed by atoms with Crippen LogP contribution in [-0.2, 0) is 21.7 Å². The fourth-order valence-corrected chi connectivity index (χ4v) is 4.31. The zero-order valence-electron chi connectivity index (χ0n) is 17.3. The summed E-state index contributed by atoms with van der Waals surface area (Å²) in [6.07, 6.45) is 4.54. The Hall–Kier alpha value is -2.67. The molecule has 2 N–H and O–H groups in total. The van der Waals surface area contributed by atoms with E-state index in [4.69, 9.17) is 16.7 Å². The molecule has 0 aromatic heterocycles. The Morgan fingerprint density at radius 1 is 1.19 bits per heavy atom. The van der Waals surface area contributed by atoms with Gasteiger partial charge in [-0.05, 0) is 42.3 Å². The lowest BCUT2D eigenvalue weighted by Crippen LogP contribution is -2.44. The summed E-state index contributed by atoms with van der Waals surface area (Å²) in [4.78, 5) is 28.4. The molecule has 0 unspecified atom stereocenters. The molecule has 0 radical (unpaired) electrons. The van der Waals surface area contributed by atoms with Gasteiger partial charge in [0.1, 0.15) is 0 Å². The van der Waals surface area contributed by atoms with Crippen molar-refractivity contribution >= 4 is 34.8 Å². The Morgan fingerprint density at radius 2 is 1.94 bits per heavy atom. The fourth-order valence-electron chi connectivity index (χ4n) is 4.14. The molecule has 7 heteroatoms. The van der Waals surface area contributed by atoms with Crippen molar-refractivity contribution in [2.24, 2.45) is 5.92 Å². The summed E-state index contributed by atoms with van der Waals surface area (Å²) in [6, 6.07) is 12.6. The molecule has 2 aliphatic rings. The van der Waals surface area contributed by atoms with E-state index < -0.39 is 17.4 Å². The van der Waals surface area contributed by atoms with E-state index in [1.54, 1.807) is 47.1 Å². The van der Waals surface area contributed by atoms with Crippen molar-refractivity contribution in [2.75, 3.05) is 23.0 Å². The number of benzene rings is 2. The quantitative estimate of drug-likeness (QED) is 0.511. The standard InChI is InChI=1S/C24H25ClN2O4/c1-16(4-2-3-13-28)24(31)20-14-18(25)7-10-21(20)27(23(24)30)15-17-5-8-19(9-6-17)26-12-11-22(26)29/h2,4-10,14,16,28,31H,3,11-13,15H2,1H3/b4-2+/t16-,24+/m0/s1. The minimum atomic E-state index is -1.74. The van der Waals surface area contributed by atoms with Gasteiger partial charge in [-0.3, -0.25) is 9.59 Å². The van der Waals surface area contributed by atoms with E-state index in [0.29, 0.717) is 29.1 Å². The van der Waals surface area contributed by atoms with Gasteiger partial charge in [0.15, 0.2) is 5.60 Å². The monoisotopic (exact) mass is 440 g/mol. The van der Waals surface area contributed by atoms with Crippen molar-refractivity contribution in [1.29, 1.82) is 0 Å². The number of fused-ring (bicyclic) bond motifs is 1. The van der Waals surface area contributed by atoms with Gasteiger partial charge in [-0.2, -0.15) is 0 Å². The Morgan fingerprint density at radius 3 is 2.55 bits per heavy atom. The number of halogens is 1. The predicted molar refractivity (Wildman–Crippen MR) is 120 cm³/mol. The van der Waals surface area contributed by atoms with Gasteiger partial charge in [-0.25, -0.2) is 0 Å². The van der Waals surface area contributed by atoms with E-state index in [9.17, 15) is 14.7 Å². The van der Waals surface area contributed by atoms with Crippen LogP contribution in [0.15, 0.2) is 54.6 Å². The molecule has 0 aliphatic carbocycles. The highest BCUT2D eigenvalue weighted by Crippen LogP contribution is 2.46. The maximum Gasteiger partial charge on any atom is 0.264 e. The van der Waals surface area contributed by atoms with Gasteiger partial charge >= 0.3 is 0 Å². The highest BCUT2D eigenvalue weighted by atomic mass is 35.5. The molecule has 2 aromatic carbocycles. The van der Waals surface area contributed by atoms with E-state index in [2.05, 4.69) is 0 Å². The smallest absolute Gasteiger partial charge is 0.264 e. The molecular formula is C24H25ClN2O4. The van der Waals surface area contributed by atoms with E-state index in [0.717, 1.165) is 17.8 Å². The topological polar surface area (TPSA) is 81.1 Å². The van der Waals surface area contributed by atoms with Gasteiger partial charge in [0.25, 0.3) is 5.91 Å². The number of nitrogens with zero attached hydrogens (tertiary/aromatic N) is 2. The first-order valence-electron chi connectivity index (χ1n) is 10.4. The second-order valence-electron chi connectivity index (χ2n) is 8.01. The number of β-lactam (4-membered cyclic amide) rings is 1. The third kappa shape index (κ3) is 3.76. The van der Waals surface area contributed by atoms with Crippen LogP contribution in [0.4, 0.5) is 11.4 Å².